The maximum absolute atomic E-state index is 11.4. The Bertz CT molecular complexity index is 1360. The summed E-state index contributed by atoms with van der Waals surface area (Å²) in [5.74, 6) is -0.817. The molecule has 2 aromatic carbocycles. The molecule has 1 amide bonds. The van der Waals surface area contributed by atoms with Gasteiger partial charge in [0, 0.05) is 23.0 Å². The molecule has 3 N–H and O–H groups in total. The Morgan fingerprint density at radius 3 is 2.36 bits per heavy atom. The minimum Gasteiger partial charge on any atom is -0.481 e. The quantitative estimate of drug-likeness (QED) is 0.306. The third-order valence-corrected chi connectivity index (χ3v) is 6.05. The van der Waals surface area contributed by atoms with Gasteiger partial charge in [-0.05, 0) is 71.8 Å². The number of carbonyl (C=O) groups excluding carboxylic acids is 1. The van der Waals surface area contributed by atoms with E-state index in [0.29, 0.717) is 5.92 Å². The summed E-state index contributed by atoms with van der Waals surface area (Å²) in [5.41, 5.74) is 11.1. The average Bonchev–Trinajstić information content (AvgIpc) is 3.26. The molecule has 1 unspecified atom stereocenters. The first-order valence-corrected chi connectivity index (χ1v) is 12.2. The van der Waals surface area contributed by atoms with Gasteiger partial charge in [0.05, 0.1) is 17.8 Å². The number of halogens is 1. The third kappa shape index (κ3) is 6.49. The van der Waals surface area contributed by atoms with E-state index in [2.05, 4.69) is 54.7 Å². The van der Waals surface area contributed by atoms with Crippen LogP contribution in [0.25, 0.3) is 22.0 Å². The summed E-state index contributed by atoms with van der Waals surface area (Å²) in [6.07, 6.45) is 4.75. The number of nitrogens with two attached hydrogens (primary N) is 1. The largest absolute Gasteiger partial charge is 0.481 e. The van der Waals surface area contributed by atoms with E-state index in [4.69, 9.17) is 27.5 Å². The smallest absolute Gasteiger partial charge is 0.303 e. The Labute approximate surface area is 215 Å². The van der Waals surface area contributed by atoms with Gasteiger partial charge in [0.15, 0.2) is 0 Å². The Hall–Kier alpha value is -3.71. The second-order valence-electron chi connectivity index (χ2n) is 9.06. The molecule has 7 nitrogen and oxygen atoms in total. The van der Waals surface area contributed by atoms with Gasteiger partial charge in [0.1, 0.15) is 5.69 Å². The lowest BCUT2D eigenvalue weighted by molar-refractivity contribution is -0.136. The molecule has 0 saturated carbocycles. The number of nitrogens with zero attached hydrogens (tertiary/aromatic N) is 3. The van der Waals surface area contributed by atoms with Crippen LogP contribution in [-0.4, -0.2) is 31.7 Å². The van der Waals surface area contributed by atoms with E-state index in [1.54, 1.807) is 19.2 Å². The van der Waals surface area contributed by atoms with Crippen LogP contribution in [0.2, 0.25) is 5.02 Å². The minimum atomic E-state index is -0.745. The third-order valence-electron chi connectivity index (χ3n) is 5.81. The van der Waals surface area contributed by atoms with Gasteiger partial charge >= 0.3 is 5.97 Å². The number of hydrogen-bond acceptors (Lipinski definition) is 4. The SMILES string of the molecule is CCC(=O)O.Cc1cc(Cl)ccc1-c1ccc2c(cnn2C(CC(C)C)c2ccc(C(N)=O)nc2)c1. The van der Waals surface area contributed by atoms with Gasteiger partial charge in [0.2, 0.25) is 0 Å². The molecule has 0 aliphatic rings. The van der Waals surface area contributed by atoms with Crippen LogP contribution in [0.15, 0.2) is 60.9 Å². The van der Waals surface area contributed by atoms with E-state index in [-0.39, 0.29) is 18.2 Å². The number of hydrogen-bond donors (Lipinski definition) is 2. The van der Waals surface area contributed by atoms with Crippen LogP contribution < -0.4 is 5.73 Å². The van der Waals surface area contributed by atoms with Crippen molar-refractivity contribution in [1.82, 2.24) is 14.8 Å². The van der Waals surface area contributed by atoms with Gasteiger partial charge in [0.25, 0.3) is 5.91 Å². The molecule has 0 radical (unpaired) electrons. The molecule has 0 spiro atoms. The first kappa shape index (κ1) is 26.9. The monoisotopic (exact) mass is 506 g/mol. The van der Waals surface area contributed by atoms with E-state index >= 15 is 0 Å². The summed E-state index contributed by atoms with van der Waals surface area (Å²) >= 11 is 6.12. The molecule has 4 rings (SSSR count). The molecular formula is C28H31ClN4O3. The van der Waals surface area contributed by atoms with Crippen LogP contribution in [0.5, 0.6) is 0 Å². The van der Waals surface area contributed by atoms with Gasteiger partial charge < -0.3 is 10.8 Å². The number of aryl methyl sites for hydroxylation is 1. The van der Waals surface area contributed by atoms with Gasteiger partial charge in [-0.25, -0.2) is 0 Å². The number of aliphatic carboxylic acids is 1. The highest BCUT2D eigenvalue weighted by molar-refractivity contribution is 6.30. The molecule has 8 heteroatoms. The molecule has 0 aliphatic heterocycles. The second kappa shape index (κ2) is 11.8. The van der Waals surface area contributed by atoms with Crippen molar-refractivity contribution in [3.8, 4) is 11.1 Å². The van der Waals surface area contributed by atoms with Crippen LogP contribution in [0.3, 0.4) is 0 Å². The summed E-state index contributed by atoms with van der Waals surface area (Å²) in [6.45, 7) is 8.04. The normalized spacial score (nSPS) is 11.7. The number of primary amides is 1. The fourth-order valence-electron chi connectivity index (χ4n) is 3.99. The molecule has 188 valence electrons. The highest BCUT2D eigenvalue weighted by atomic mass is 35.5. The van der Waals surface area contributed by atoms with E-state index in [1.165, 1.54) is 0 Å². The maximum atomic E-state index is 11.4. The van der Waals surface area contributed by atoms with E-state index in [0.717, 1.165) is 44.6 Å². The number of amides is 1. The summed E-state index contributed by atoms with van der Waals surface area (Å²) in [4.78, 5) is 25.0. The van der Waals surface area contributed by atoms with Gasteiger partial charge in [-0.15, -0.1) is 0 Å². The van der Waals surface area contributed by atoms with Crippen LogP contribution in [0.4, 0.5) is 0 Å². The number of carboxylic acids is 1. The molecule has 1 atom stereocenters. The van der Waals surface area contributed by atoms with Crippen LogP contribution >= 0.6 is 11.6 Å². The number of benzene rings is 2. The van der Waals surface area contributed by atoms with E-state index < -0.39 is 11.9 Å². The predicted molar refractivity (Wildman–Crippen MR) is 143 cm³/mol. The van der Waals surface area contributed by atoms with Gasteiger partial charge in [-0.1, -0.05) is 50.6 Å². The fourth-order valence-corrected chi connectivity index (χ4v) is 4.22. The molecule has 2 heterocycles. The number of rotatable bonds is 7. The van der Waals surface area contributed by atoms with E-state index in [9.17, 15) is 9.59 Å². The second-order valence-corrected chi connectivity index (χ2v) is 9.49. The van der Waals surface area contributed by atoms with Crippen molar-refractivity contribution >= 4 is 34.4 Å². The minimum absolute atomic E-state index is 0.00930. The zero-order chi connectivity index (χ0) is 26.4. The summed E-state index contributed by atoms with van der Waals surface area (Å²) in [7, 11) is 0. The standard InChI is InChI=1S/C25H25ClN4O.C3H6O2/c1-15(2)10-24(18-4-8-22(25(27)31)28-13-18)30-23-9-5-17(12-19(23)14-29-30)21-7-6-20(26)11-16(21)3;1-2-3(4)5/h4-9,11-15,24H,10H2,1-3H3,(H2,27,31);2H2,1H3,(H,4,5). The topological polar surface area (TPSA) is 111 Å². The first-order chi connectivity index (χ1) is 17.1. The molecule has 0 aliphatic carbocycles. The van der Waals surface area contributed by atoms with Crippen molar-refractivity contribution < 1.29 is 14.7 Å². The Kier molecular flexibility index (Phi) is 8.83. The zero-order valence-electron chi connectivity index (χ0n) is 20.9. The van der Waals surface area contributed by atoms with Crippen molar-refractivity contribution in [1.29, 1.82) is 0 Å². The number of carbonyl (C=O) groups is 2. The lowest BCUT2D eigenvalue weighted by Crippen LogP contribution is -2.17. The molecule has 0 fully saturated rings. The Balaban J connectivity index is 0.000000658. The highest BCUT2D eigenvalue weighted by Crippen LogP contribution is 2.32. The van der Waals surface area contributed by atoms with Gasteiger partial charge in [-0.2, -0.15) is 5.10 Å². The van der Waals surface area contributed by atoms with Crippen LogP contribution in [0, 0.1) is 12.8 Å². The van der Waals surface area contributed by atoms with Crippen LogP contribution in [-0.2, 0) is 4.79 Å². The number of carboxylic acid groups (broad SMARTS) is 1. The summed E-state index contributed by atoms with van der Waals surface area (Å²) < 4.78 is 2.05. The fraction of sp³-hybridized carbons (Fsp3) is 0.286. The lowest BCUT2D eigenvalue weighted by Gasteiger charge is -2.21. The molecule has 0 bridgehead atoms. The predicted octanol–water partition coefficient (Wildman–Crippen LogP) is 6.28. The van der Waals surface area contributed by atoms with Gasteiger partial charge in [-0.3, -0.25) is 19.3 Å². The molecule has 2 aromatic heterocycles. The molecule has 0 saturated heterocycles. The molecule has 36 heavy (non-hydrogen) atoms. The van der Waals surface area contributed by atoms with Crippen molar-refractivity contribution in [2.75, 3.05) is 0 Å². The maximum Gasteiger partial charge on any atom is 0.303 e. The van der Waals surface area contributed by atoms with Crippen molar-refractivity contribution in [3.05, 3.63) is 82.8 Å². The van der Waals surface area contributed by atoms with Crippen molar-refractivity contribution in [2.24, 2.45) is 11.7 Å². The van der Waals surface area contributed by atoms with Crippen LogP contribution in [0.1, 0.15) is 61.3 Å². The van der Waals surface area contributed by atoms with E-state index in [1.807, 2.05) is 24.4 Å². The zero-order valence-corrected chi connectivity index (χ0v) is 21.7. The average molecular weight is 507 g/mol. The molecule has 4 aromatic rings. The summed E-state index contributed by atoms with van der Waals surface area (Å²) in [5, 5.41) is 14.3. The summed E-state index contributed by atoms with van der Waals surface area (Å²) in [6, 6.07) is 16.0. The van der Waals surface area contributed by atoms with Crippen molar-refractivity contribution in [2.45, 2.75) is 46.6 Å². The number of pyridine rings is 1. The number of fused-ring (bicyclic) bond motifs is 1. The highest BCUT2D eigenvalue weighted by Gasteiger charge is 2.20. The first-order valence-electron chi connectivity index (χ1n) is 11.8. The number of aromatic nitrogens is 3. The van der Waals surface area contributed by atoms with Crippen molar-refractivity contribution in [3.63, 3.8) is 0 Å². The lowest BCUT2D eigenvalue weighted by atomic mass is 9.97. The Morgan fingerprint density at radius 2 is 1.81 bits per heavy atom. The Morgan fingerprint density at radius 1 is 1.08 bits per heavy atom. The molecular weight excluding hydrogens is 476 g/mol.